The van der Waals surface area contributed by atoms with Gasteiger partial charge in [0.2, 0.25) is 5.91 Å². The largest absolute Gasteiger partial charge is 0.459 e. The number of ether oxygens (including phenoxy) is 1. The summed E-state index contributed by atoms with van der Waals surface area (Å²) in [5.74, 6) is -0.584. The van der Waals surface area contributed by atoms with E-state index in [2.05, 4.69) is 15.3 Å². The van der Waals surface area contributed by atoms with Gasteiger partial charge in [-0.15, -0.1) is 0 Å². The van der Waals surface area contributed by atoms with Gasteiger partial charge in [0.1, 0.15) is 0 Å². The molecule has 0 saturated heterocycles. The van der Waals surface area contributed by atoms with Crippen molar-refractivity contribution in [1.82, 2.24) is 15.2 Å². The lowest BCUT2D eigenvalue weighted by molar-refractivity contribution is -0.143. The van der Waals surface area contributed by atoms with Crippen LogP contribution in [-0.4, -0.2) is 33.0 Å². The minimum absolute atomic E-state index is 0.129. The number of carbonyl (C=O) groups is 2. The molecule has 1 aromatic heterocycles. The molecule has 1 aromatic carbocycles. The number of halogens is 1. The summed E-state index contributed by atoms with van der Waals surface area (Å²) < 4.78 is 5.56. The predicted octanol–water partition coefficient (Wildman–Crippen LogP) is 4.97. The number of amides is 1. The van der Waals surface area contributed by atoms with Gasteiger partial charge in [-0.25, -0.2) is 9.79 Å². The van der Waals surface area contributed by atoms with Crippen LogP contribution in [0.25, 0.3) is 0 Å². The highest BCUT2D eigenvalue weighted by molar-refractivity contribution is 8.16. The Morgan fingerprint density at radius 1 is 1.21 bits per heavy atom. The minimum Gasteiger partial charge on any atom is -0.459 e. The van der Waals surface area contributed by atoms with Crippen molar-refractivity contribution in [3.63, 3.8) is 0 Å². The molecule has 0 aliphatic carbocycles. The molecule has 7 nitrogen and oxygen atoms in total. The summed E-state index contributed by atoms with van der Waals surface area (Å²) in [6.45, 7) is 5.81. The summed E-state index contributed by atoms with van der Waals surface area (Å²) >= 11 is 8.01. The third kappa shape index (κ3) is 5.18. The second-order valence-electron chi connectivity index (χ2n) is 8.18. The molecule has 1 unspecified atom stereocenters. The van der Waals surface area contributed by atoms with Gasteiger partial charge < -0.3 is 15.0 Å². The zero-order valence-corrected chi connectivity index (χ0v) is 20.7. The Morgan fingerprint density at radius 2 is 1.94 bits per heavy atom. The third-order valence-corrected chi connectivity index (χ3v) is 6.58. The molecular weight excluding hydrogens is 472 g/mol. The Hall–Kier alpha value is -3.10. The number of allylic oxidation sites excluding steroid dienone is 1. The van der Waals surface area contributed by atoms with E-state index >= 15 is 0 Å². The lowest BCUT2D eigenvalue weighted by Crippen LogP contribution is -2.38. The van der Waals surface area contributed by atoms with Crippen LogP contribution in [0.5, 0.6) is 0 Å². The highest BCUT2D eigenvalue weighted by Gasteiger charge is 2.42. The van der Waals surface area contributed by atoms with Crippen molar-refractivity contribution in [2.24, 2.45) is 4.99 Å². The molecule has 0 spiro atoms. The minimum atomic E-state index is -0.554. The van der Waals surface area contributed by atoms with Crippen LogP contribution in [0.2, 0.25) is 5.02 Å². The molecule has 1 atom stereocenters. The number of carbonyl (C=O) groups excluding carboxylic acids is 2. The van der Waals surface area contributed by atoms with Crippen LogP contribution >= 0.6 is 23.4 Å². The lowest BCUT2D eigenvalue weighted by atomic mass is 9.93. The van der Waals surface area contributed by atoms with E-state index in [1.807, 2.05) is 40.6 Å². The standard InChI is InChI=1S/C25H25ClN4O3S/c1-15(2)33-24(32)22-16(3)29-25-30(23(22)19-6-4-5-7-20(19)26)18(14-34-25)12-21(31)28-13-17-8-10-27-11-9-17/h4-11,14-15,23H,12-13H2,1-3H3,(H,28,31). The second-order valence-corrected chi connectivity index (χ2v) is 9.42. The van der Waals surface area contributed by atoms with E-state index < -0.39 is 12.0 Å². The zero-order chi connectivity index (χ0) is 24.2. The smallest absolute Gasteiger partial charge is 0.338 e. The number of benzene rings is 1. The van der Waals surface area contributed by atoms with E-state index in [9.17, 15) is 9.59 Å². The SMILES string of the molecule is CC1=C(C(=O)OC(C)C)C(c2ccccc2Cl)N2C(CC(=O)NCc3ccncc3)=CSC2=N1. The molecule has 2 aromatic rings. The Labute approximate surface area is 207 Å². The molecule has 1 amide bonds. The topological polar surface area (TPSA) is 83.9 Å². The number of thioether (sulfide) groups is 1. The molecule has 4 rings (SSSR count). The summed E-state index contributed by atoms with van der Waals surface area (Å²) in [6.07, 6.45) is 3.22. The number of hydrogen-bond acceptors (Lipinski definition) is 7. The van der Waals surface area contributed by atoms with Crippen molar-refractivity contribution < 1.29 is 14.3 Å². The first-order valence-electron chi connectivity index (χ1n) is 10.9. The predicted molar refractivity (Wildman–Crippen MR) is 134 cm³/mol. The number of hydrogen-bond donors (Lipinski definition) is 1. The van der Waals surface area contributed by atoms with Crippen molar-refractivity contribution in [1.29, 1.82) is 0 Å². The number of pyridine rings is 1. The highest BCUT2D eigenvalue weighted by atomic mass is 35.5. The van der Waals surface area contributed by atoms with Gasteiger partial charge in [0.25, 0.3) is 0 Å². The van der Waals surface area contributed by atoms with Crippen molar-refractivity contribution >= 4 is 40.4 Å². The molecule has 0 radical (unpaired) electrons. The highest BCUT2D eigenvalue weighted by Crippen LogP contribution is 2.46. The Bertz CT molecular complexity index is 1190. The van der Waals surface area contributed by atoms with Gasteiger partial charge in [0, 0.05) is 29.7 Å². The van der Waals surface area contributed by atoms with Gasteiger partial charge >= 0.3 is 5.97 Å². The molecular formula is C25H25ClN4O3S. The number of nitrogens with one attached hydrogen (secondary N) is 1. The van der Waals surface area contributed by atoms with Gasteiger partial charge in [-0.3, -0.25) is 9.78 Å². The van der Waals surface area contributed by atoms with Crippen molar-refractivity contribution in [3.8, 4) is 0 Å². The first kappa shape index (κ1) is 24.0. The second kappa shape index (κ2) is 10.4. The van der Waals surface area contributed by atoms with Crippen LogP contribution in [0.1, 0.15) is 44.4 Å². The van der Waals surface area contributed by atoms with E-state index in [0.717, 1.165) is 16.8 Å². The number of aromatic nitrogens is 1. The van der Waals surface area contributed by atoms with E-state index in [1.165, 1.54) is 11.8 Å². The first-order chi connectivity index (χ1) is 16.3. The fourth-order valence-electron chi connectivity index (χ4n) is 3.83. The molecule has 0 saturated carbocycles. The van der Waals surface area contributed by atoms with Gasteiger partial charge in [-0.05, 0) is 55.5 Å². The number of fused-ring (bicyclic) bond motifs is 1. The zero-order valence-electron chi connectivity index (χ0n) is 19.1. The molecule has 9 heteroatoms. The monoisotopic (exact) mass is 496 g/mol. The summed E-state index contributed by atoms with van der Waals surface area (Å²) in [7, 11) is 0. The quantitative estimate of drug-likeness (QED) is 0.545. The fraction of sp³-hybridized carbons (Fsp3) is 0.280. The number of esters is 1. The summed E-state index contributed by atoms with van der Waals surface area (Å²) in [5, 5.41) is 6.06. The molecule has 3 heterocycles. The van der Waals surface area contributed by atoms with Crippen molar-refractivity contribution in [3.05, 3.63) is 87.3 Å². The maximum Gasteiger partial charge on any atom is 0.338 e. The Kier molecular flexibility index (Phi) is 7.38. The maximum atomic E-state index is 13.2. The Balaban J connectivity index is 1.63. The van der Waals surface area contributed by atoms with Gasteiger partial charge in [-0.2, -0.15) is 0 Å². The van der Waals surface area contributed by atoms with Gasteiger partial charge in [0.05, 0.1) is 29.8 Å². The van der Waals surface area contributed by atoms with Gasteiger partial charge in [-0.1, -0.05) is 41.6 Å². The van der Waals surface area contributed by atoms with Crippen LogP contribution in [0, 0.1) is 0 Å². The number of aliphatic imine (C=N–C) groups is 1. The molecule has 0 bridgehead atoms. The fourth-order valence-corrected chi connectivity index (χ4v) is 5.03. The molecule has 34 heavy (non-hydrogen) atoms. The van der Waals surface area contributed by atoms with Crippen molar-refractivity contribution in [2.45, 2.75) is 45.9 Å². The van der Waals surface area contributed by atoms with E-state index in [0.29, 0.717) is 28.0 Å². The van der Waals surface area contributed by atoms with Crippen LogP contribution in [0.3, 0.4) is 0 Å². The lowest BCUT2D eigenvalue weighted by Gasteiger charge is -2.36. The van der Waals surface area contributed by atoms with Gasteiger partial charge in [0.15, 0.2) is 5.17 Å². The van der Waals surface area contributed by atoms with E-state index in [-0.39, 0.29) is 18.4 Å². The molecule has 2 aliphatic rings. The molecule has 0 fully saturated rings. The van der Waals surface area contributed by atoms with E-state index in [4.69, 9.17) is 16.3 Å². The van der Waals surface area contributed by atoms with Crippen LogP contribution in [0.15, 0.2) is 76.2 Å². The molecule has 176 valence electrons. The number of rotatable bonds is 7. The van der Waals surface area contributed by atoms with E-state index in [1.54, 1.807) is 39.2 Å². The maximum absolute atomic E-state index is 13.2. The number of nitrogens with zero attached hydrogens (tertiary/aromatic N) is 3. The van der Waals surface area contributed by atoms with Crippen LogP contribution in [0.4, 0.5) is 0 Å². The average molecular weight is 497 g/mol. The normalized spacial score (nSPS) is 17.3. The molecule has 2 aliphatic heterocycles. The van der Waals surface area contributed by atoms with Crippen LogP contribution in [-0.2, 0) is 20.9 Å². The first-order valence-corrected chi connectivity index (χ1v) is 12.2. The summed E-state index contributed by atoms with van der Waals surface area (Å²) in [4.78, 5) is 36.5. The summed E-state index contributed by atoms with van der Waals surface area (Å²) in [6, 6.07) is 10.5. The summed E-state index contributed by atoms with van der Waals surface area (Å²) in [5.41, 5.74) is 3.44. The average Bonchev–Trinajstić information content (AvgIpc) is 3.19. The third-order valence-electron chi connectivity index (χ3n) is 5.34. The number of amidine groups is 1. The molecule has 1 N–H and O–H groups in total. The Morgan fingerprint density at radius 3 is 2.65 bits per heavy atom. The van der Waals surface area contributed by atoms with Crippen molar-refractivity contribution in [2.75, 3.05) is 0 Å². The van der Waals surface area contributed by atoms with Crippen LogP contribution < -0.4 is 5.32 Å².